The van der Waals surface area contributed by atoms with Gasteiger partial charge in [-0.2, -0.15) is 0 Å². The second kappa shape index (κ2) is 3.70. The molecule has 2 aromatic carbocycles. The molecule has 3 rings (SSSR count). The average Bonchev–Trinajstić information content (AvgIpc) is 2.67. The van der Waals surface area contributed by atoms with Crippen molar-refractivity contribution < 1.29 is 4.39 Å². The molecule has 3 N–H and O–H groups in total. The number of guanidine groups is 1. The van der Waals surface area contributed by atoms with E-state index >= 15 is 0 Å². The fraction of sp³-hybridized carbons (Fsp3) is 0.214. The largest absolute Gasteiger partial charge is 0.370 e. The molecule has 18 heavy (non-hydrogen) atoms. The molecule has 0 fully saturated rings. The number of nitrogens with two attached hydrogens (primary N) is 1. The molecule has 0 aromatic heterocycles. The number of nitrogens with zero attached hydrogens (tertiary/aromatic N) is 1. The van der Waals surface area contributed by atoms with E-state index in [-0.39, 0.29) is 17.7 Å². The van der Waals surface area contributed by atoms with Gasteiger partial charge in [0.15, 0.2) is 5.96 Å². The third-order valence-electron chi connectivity index (χ3n) is 3.53. The highest BCUT2D eigenvalue weighted by Gasteiger charge is 2.28. The van der Waals surface area contributed by atoms with E-state index in [0.717, 1.165) is 22.0 Å². The van der Waals surface area contributed by atoms with Gasteiger partial charge in [0.05, 0.1) is 0 Å². The maximum Gasteiger partial charge on any atom is 0.192 e. The highest BCUT2D eigenvalue weighted by molar-refractivity contribution is 6.00. The molecule has 1 unspecified atom stereocenters. The summed E-state index contributed by atoms with van der Waals surface area (Å²) in [5, 5.41) is 9.54. The predicted molar refractivity (Wildman–Crippen MR) is 71.6 cm³/mol. The van der Waals surface area contributed by atoms with Crippen molar-refractivity contribution in [3.05, 3.63) is 41.7 Å². The lowest BCUT2D eigenvalue weighted by Gasteiger charge is -2.16. The number of anilines is 1. The standard InChI is InChI=1S/C14H14FN3/c1-8-7-18(14(16)17)12-5-2-9-6-10(15)3-4-11(9)13(8)12/h2-6,8H,7H2,1H3,(H3,16,17). The molecule has 4 heteroatoms. The molecule has 0 aliphatic carbocycles. The van der Waals surface area contributed by atoms with Gasteiger partial charge < -0.3 is 10.6 Å². The molecule has 2 aromatic rings. The van der Waals surface area contributed by atoms with Gasteiger partial charge in [-0.1, -0.05) is 19.1 Å². The quantitative estimate of drug-likeness (QED) is 0.552. The lowest BCUT2D eigenvalue weighted by Crippen LogP contribution is -2.35. The third-order valence-corrected chi connectivity index (χ3v) is 3.53. The van der Waals surface area contributed by atoms with E-state index < -0.39 is 0 Å². The number of hydrogen-bond donors (Lipinski definition) is 2. The Morgan fingerprint density at radius 1 is 1.39 bits per heavy atom. The monoisotopic (exact) mass is 243 g/mol. The first kappa shape index (κ1) is 11.0. The van der Waals surface area contributed by atoms with Crippen molar-refractivity contribution in [3.8, 4) is 0 Å². The minimum absolute atomic E-state index is 0.0575. The van der Waals surface area contributed by atoms with E-state index in [1.54, 1.807) is 11.0 Å². The van der Waals surface area contributed by atoms with Crippen molar-refractivity contribution in [2.75, 3.05) is 11.4 Å². The molecule has 0 saturated heterocycles. The second-order valence-electron chi connectivity index (χ2n) is 4.76. The molecule has 0 radical (unpaired) electrons. The van der Waals surface area contributed by atoms with Crippen LogP contribution in [0.5, 0.6) is 0 Å². The van der Waals surface area contributed by atoms with Crippen molar-refractivity contribution in [1.29, 1.82) is 5.41 Å². The van der Waals surface area contributed by atoms with Crippen LogP contribution in [0.15, 0.2) is 30.3 Å². The zero-order chi connectivity index (χ0) is 12.9. The van der Waals surface area contributed by atoms with Gasteiger partial charge in [0.1, 0.15) is 5.82 Å². The maximum atomic E-state index is 13.2. The van der Waals surface area contributed by atoms with Gasteiger partial charge in [0.2, 0.25) is 0 Å². The summed E-state index contributed by atoms with van der Waals surface area (Å²) in [7, 11) is 0. The molecule has 1 heterocycles. The van der Waals surface area contributed by atoms with Crippen molar-refractivity contribution in [1.82, 2.24) is 0 Å². The topological polar surface area (TPSA) is 53.1 Å². The molecule has 1 aliphatic heterocycles. The lowest BCUT2D eigenvalue weighted by atomic mass is 9.96. The third kappa shape index (κ3) is 1.45. The van der Waals surface area contributed by atoms with Crippen LogP contribution in [0.25, 0.3) is 10.8 Å². The maximum absolute atomic E-state index is 13.2. The van der Waals surface area contributed by atoms with Crippen LogP contribution >= 0.6 is 0 Å². The summed E-state index contributed by atoms with van der Waals surface area (Å²) in [5.74, 6) is 0.122. The first-order valence-electron chi connectivity index (χ1n) is 5.91. The molecule has 0 saturated carbocycles. The van der Waals surface area contributed by atoms with Crippen molar-refractivity contribution in [2.24, 2.45) is 5.73 Å². The molecule has 92 valence electrons. The molecule has 1 atom stereocenters. The molecular formula is C14H14FN3. The van der Waals surface area contributed by atoms with Gasteiger partial charge in [0.25, 0.3) is 0 Å². The zero-order valence-corrected chi connectivity index (χ0v) is 10.1. The Bertz CT molecular complexity index is 651. The van der Waals surface area contributed by atoms with Gasteiger partial charge >= 0.3 is 0 Å². The van der Waals surface area contributed by atoms with Crippen LogP contribution in [-0.2, 0) is 0 Å². The summed E-state index contributed by atoms with van der Waals surface area (Å²) in [6.07, 6.45) is 0. The summed E-state index contributed by atoms with van der Waals surface area (Å²) in [6.45, 7) is 2.81. The summed E-state index contributed by atoms with van der Waals surface area (Å²) in [6, 6.07) is 8.63. The van der Waals surface area contributed by atoms with Gasteiger partial charge in [-0.3, -0.25) is 5.41 Å². The highest BCUT2D eigenvalue weighted by Crippen LogP contribution is 2.40. The minimum atomic E-state index is -0.225. The fourth-order valence-electron chi connectivity index (χ4n) is 2.76. The molecular weight excluding hydrogens is 229 g/mol. The van der Waals surface area contributed by atoms with Crippen molar-refractivity contribution in [2.45, 2.75) is 12.8 Å². The van der Waals surface area contributed by atoms with E-state index in [2.05, 4.69) is 6.92 Å². The lowest BCUT2D eigenvalue weighted by molar-refractivity contribution is 0.629. The molecule has 1 aliphatic rings. The van der Waals surface area contributed by atoms with Crippen LogP contribution in [0.2, 0.25) is 0 Å². The van der Waals surface area contributed by atoms with Crippen LogP contribution in [-0.4, -0.2) is 12.5 Å². The van der Waals surface area contributed by atoms with Crippen LogP contribution in [0, 0.1) is 11.2 Å². The van der Waals surface area contributed by atoms with E-state index in [9.17, 15) is 4.39 Å². The Labute approximate surface area is 105 Å². The Balaban J connectivity index is 2.29. The van der Waals surface area contributed by atoms with E-state index in [1.807, 2.05) is 18.2 Å². The van der Waals surface area contributed by atoms with Crippen LogP contribution in [0.3, 0.4) is 0 Å². The van der Waals surface area contributed by atoms with Crippen molar-refractivity contribution >= 4 is 22.4 Å². The number of halogens is 1. The first-order valence-corrected chi connectivity index (χ1v) is 5.91. The van der Waals surface area contributed by atoms with Gasteiger partial charge in [-0.25, -0.2) is 4.39 Å². The molecule has 0 spiro atoms. The van der Waals surface area contributed by atoms with Crippen molar-refractivity contribution in [3.63, 3.8) is 0 Å². The molecule has 0 bridgehead atoms. The van der Waals surface area contributed by atoms with Gasteiger partial charge in [-0.15, -0.1) is 0 Å². The van der Waals surface area contributed by atoms with E-state index in [1.165, 1.54) is 6.07 Å². The number of rotatable bonds is 0. The zero-order valence-electron chi connectivity index (χ0n) is 10.1. The number of fused-ring (bicyclic) bond motifs is 3. The predicted octanol–water partition coefficient (Wildman–Crippen LogP) is 2.80. The Morgan fingerprint density at radius 3 is 2.89 bits per heavy atom. The van der Waals surface area contributed by atoms with Crippen LogP contribution in [0.4, 0.5) is 10.1 Å². The Morgan fingerprint density at radius 2 is 2.17 bits per heavy atom. The Kier molecular flexibility index (Phi) is 2.26. The molecule has 0 amide bonds. The molecule has 3 nitrogen and oxygen atoms in total. The van der Waals surface area contributed by atoms with E-state index in [4.69, 9.17) is 11.1 Å². The average molecular weight is 243 g/mol. The summed E-state index contributed by atoms with van der Waals surface area (Å²) >= 11 is 0. The second-order valence-corrected chi connectivity index (χ2v) is 4.76. The highest BCUT2D eigenvalue weighted by atomic mass is 19.1. The minimum Gasteiger partial charge on any atom is -0.370 e. The normalized spacial score (nSPS) is 18.1. The summed E-state index contributed by atoms with van der Waals surface area (Å²) in [4.78, 5) is 1.79. The number of benzene rings is 2. The smallest absolute Gasteiger partial charge is 0.192 e. The Hall–Kier alpha value is -2.10. The number of nitrogens with one attached hydrogen (secondary N) is 1. The summed E-state index contributed by atoms with van der Waals surface area (Å²) < 4.78 is 13.2. The van der Waals surface area contributed by atoms with Crippen LogP contribution < -0.4 is 10.6 Å². The van der Waals surface area contributed by atoms with Gasteiger partial charge in [0, 0.05) is 18.2 Å². The van der Waals surface area contributed by atoms with E-state index in [0.29, 0.717) is 6.54 Å². The first-order chi connectivity index (χ1) is 8.58. The van der Waals surface area contributed by atoms with Gasteiger partial charge in [-0.05, 0) is 34.5 Å². The SMILES string of the molecule is CC1CN(C(=N)N)c2ccc3cc(F)ccc3c21. The number of hydrogen-bond acceptors (Lipinski definition) is 1. The van der Waals surface area contributed by atoms with Crippen LogP contribution in [0.1, 0.15) is 18.4 Å². The summed E-state index contributed by atoms with van der Waals surface area (Å²) in [5.41, 5.74) is 7.71. The fourth-order valence-corrected chi connectivity index (χ4v) is 2.76.